The van der Waals surface area contributed by atoms with Crippen LogP contribution in [0, 0.1) is 0 Å². The zero-order valence-electron chi connectivity index (χ0n) is 13.5. The summed E-state index contributed by atoms with van der Waals surface area (Å²) in [5.74, 6) is -0.799. The van der Waals surface area contributed by atoms with Gasteiger partial charge in [0.1, 0.15) is 0 Å². The van der Waals surface area contributed by atoms with Crippen molar-refractivity contribution in [3.63, 3.8) is 0 Å². The first-order valence-corrected chi connectivity index (χ1v) is 7.55. The molecule has 7 heteroatoms. The number of alkyl halides is 3. The van der Waals surface area contributed by atoms with Gasteiger partial charge in [-0.25, -0.2) is 0 Å². The summed E-state index contributed by atoms with van der Waals surface area (Å²) in [4.78, 5) is 25.1. The largest absolute Gasteiger partial charge is 0.390 e. The Hall–Kier alpha value is -2.83. The van der Waals surface area contributed by atoms with E-state index in [2.05, 4.69) is 5.32 Å². The van der Waals surface area contributed by atoms with Crippen LogP contribution in [-0.2, 0) is 0 Å². The predicted octanol–water partition coefficient (Wildman–Crippen LogP) is 3.96. The first kappa shape index (κ1) is 18.5. The van der Waals surface area contributed by atoms with Crippen molar-refractivity contribution in [2.45, 2.75) is 12.6 Å². The van der Waals surface area contributed by atoms with Gasteiger partial charge in [-0.05, 0) is 36.4 Å². The first-order valence-electron chi connectivity index (χ1n) is 7.55. The van der Waals surface area contributed by atoms with Crippen LogP contribution < -0.4 is 5.32 Å². The summed E-state index contributed by atoms with van der Waals surface area (Å²) < 4.78 is 36.7. The van der Waals surface area contributed by atoms with Gasteiger partial charge in [0.25, 0.3) is 11.8 Å². The molecule has 0 heterocycles. The third kappa shape index (κ3) is 5.63. The number of benzene rings is 2. The van der Waals surface area contributed by atoms with E-state index in [1.165, 1.54) is 31.3 Å². The summed E-state index contributed by atoms with van der Waals surface area (Å²) in [6.45, 7) is -0.408. The van der Waals surface area contributed by atoms with Crippen LogP contribution in [-0.4, -0.2) is 36.5 Å². The molecule has 25 heavy (non-hydrogen) atoms. The number of hydrogen-bond donors (Lipinski definition) is 1. The second kappa shape index (κ2) is 7.83. The highest BCUT2D eigenvalue weighted by Gasteiger charge is 2.28. The van der Waals surface area contributed by atoms with Crippen LogP contribution in [0.1, 0.15) is 27.1 Å². The van der Waals surface area contributed by atoms with E-state index in [0.29, 0.717) is 11.3 Å². The standard InChI is InChI=1S/C18H17F3N2O2/c1-23(12-11-18(19,20)21)17(25)14-7-9-15(10-8-14)22-16(24)13-5-3-2-4-6-13/h2-10H,11-12H2,1H3,(H,22,24). The summed E-state index contributed by atoms with van der Waals surface area (Å²) in [7, 11) is 1.32. The maximum absolute atomic E-state index is 12.2. The zero-order valence-corrected chi connectivity index (χ0v) is 13.5. The van der Waals surface area contributed by atoms with E-state index < -0.39 is 25.0 Å². The van der Waals surface area contributed by atoms with Gasteiger partial charge in [-0.2, -0.15) is 13.2 Å². The molecule has 2 rings (SSSR count). The molecule has 0 aliphatic carbocycles. The van der Waals surface area contributed by atoms with Crippen LogP contribution in [0.25, 0.3) is 0 Å². The minimum atomic E-state index is -4.31. The Morgan fingerprint density at radius 1 is 0.960 bits per heavy atom. The van der Waals surface area contributed by atoms with Gasteiger partial charge >= 0.3 is 6.18 Å². The molecule has 2 amide bonds. The molecule has 2 aromatic carbocycles. The molecular weight excluding hydrogens is 333 g/mol. The summed E-state index contributed by atoms with van der Waals surface area (Å²) in [5.41, 5.74) is 1.24. The van der Waals surface area contributed by atoms with Crippen LogP contribution in [0.5, 0.6) is 0 Å². The van der Waals surface area contributed by atoms with E-state index >= 15 is 0 Å². The number of halogens is 3. The second-order valence-electron chi connectivity index (χ2n) is 5.49. The molecule has 0 aliphatic rings. The maximum atomic E-state index is 12.2. The van der Waals surface area contributed by atoms with Gasteiger partial charge in [0.2, 0.25) is 0 Å². The van der Waals surface area contributed by atoms with Crippen LogP contribution in [0.3, 0.4) is 0 Å². The average molecular weight is 350 g/mol. The van der Waals surface area contributed by atoms with Gasteiger partial charge in [0.05, 0.1) is 6.42 Å². The molecule has 0 unspecified atom stereocenters. The summed E-state index contributed by atoms with van der Waals surface area (Å²) in [6.07, 6.45) is -5.36. The number of nitrogens with one attached hydrogen (secondary N) is 1. The minimum absolute atomic E-state index is 0.252. The number of rotatable bonds is 5. The zero-order chi connectivity index (χ0) is 18.4. The van der Waals surface area contributed by atoms with Crippen LogP contribution in [0.15, 0.2) is 54.6 Å². The van der Waals surface area contributed by atoms with Gasteiger partial charge < -0.3 is 10.2 Å². The summed E-state index contributed by atoms with van der Waals surface area (Å²) >= 11 is 0. The highest BCUT2D eigenvalue weighted by molar-refractivity contribution is 6.04. The Kier molecular flexibility index (Phi) is 5.80. The average Bonchev–Trinajstić information content (AvgIpc) is 2.60. The molecule has 4 nitrogen and oxygen atoms in total. The molecule has 0 atom stereocenters. The molecule has 0 saturated carbocycles. The molecule has 2 aromatic rings. The Bertz CT molecular complexity index is 728. The lowest BCUT2D eigenvalue weighted by molar-refractivity contribution is -0.136. The summed E-state index contributed by atoms with van der Waals surface area (Å²) in [6, 6.07) is 14.6. The molecule has 132 valence electrons. The predicted molar refractivity (Wildman–Crippen MR) is 88.5 cm³/mol. The molecule has 0 aliphatic heterocycles. The number of anilines is 1. The van der Waals surface area contributed by atoms with Gasteiger partial charge in [0.15, 0.2) is 0 Å². The van der Waals surface area contributed by atoms with Crippen molar-refractivity contribution < 1.29 is 22.8 Å². The molecule has 1 N–H and O–H groups in total. The fourth-order valence-corrected chi connectivity index (χ4v) is 2.11. The number of nitrogens with zero attached hydrogens (tertiary/aromatic N) is 1. The topological polar surface area (TPSA) is 49.4 Å². The Morgan fingerprint density at radius 2 is 1.56 bits per heavy atom. The number of carbonyl (C=O) groups is 2. The van der Waals surface area contributed by atoms with Crippen molar-refractivity contribution >= 4 is 17.5 Å². The van der Waals surface area contributed by atoms with Crippen LogP contribution >= 0.6 is 0 Å². The van der Waals surface area contributed by atoms with E-state index in [-0.39, 0.29) is 11.5 Å². The van der Waals surface area contributed by atoms with Gasteiger partial charge in [-0.15, -0.1) is 0 Å². The van der Waals surface area contributed by atoms with E-state index in [9.17, 15) is 22.8 Å². The third-order valence-corrected chi connectivity index (χ3v) is 3.50. The van der Waals surface area contributed by atoms with E-state index in [0.717, 1.165) is 4.90 Å². The van der Waals surface area contributed by atoms with Crippen LogP contribution in [0.4, 0.5) is 18.9 Å². The number of hydrogen-bond acceptors (Lipinski definition) is 2. The van der Waals surface area contributed by atoms with Crippen molar-refractivity contribution in [2.24, 2.45) is 0 Å². The fraction of sp³-hybridized carbons (Fsp3) is 0.222. The van der Waals surface area contributed by atoms with E-state index in [1.54, 1.807) is 30.3 Å². The number of amides is 2. The lowest BCUT2D eigenvalue weighted by Gasteiger charge is -2.18. The quantitative estimate of drug-likeness (QED) is 0.887. The molecule has 0 bridgehead atoms. The Morgan fingerprint density at radius 3 is 2.12 bits per heavy atom. The van der Waals surface area contributed by atoms with Crippen LogP contribution in [0.2, 0.25) is 0 Å². The fourth-order valence-electron chi connectivity index (χ4n) is 2.11. The molecular formula is C18H17F3N2O2. The normalized spacial score (nSPS) is 11.0. The lowest BCUT2D eigenvalue weighted by atomic mass is 10.1. The molecule has 0 spiro atoms. The highest BCUT2D eigenvalue weighted by atomic mass is 19.4. The first-order chi connectivity index (χ1) is 11.8. The summed E-state index contributed by atoms with van der Waals surface area (Å²) in [5, 5.41) is 2.69. The monoisotopic (exact) mass is 350 g/mol. The maximum Gasteiger partial charge on any atom is 0.390 e. The van der Waals surface area contributed by atoms with Gasteiger partial charge in [-0.1, -0.05) is 18.2 Å². The van der Waals surface area contributed by atoms with Crippen molar-refractivity contribution in [1.82, 2.24) is 4.90 Å². The van der Waals surface area contributed by atoms with E-state index in [4.69, 9.17) is 0 Å². The second-order valence-corrected chi connectivity index (χ2v) is 5.49. The Labute approximate surface area is 143 Å². The Balaban J connectivity index is 1.97. The SMILES string of the molecule is CN(CCC(F)(F)F)C(=O)c1ccc(NC(=O)c2ccccc2)cc1. The minimum Gasteiger partial charge on any atom is -0.341 e. The smallest absolute Gasteiger partial charge is 0.341 e. The van der Waals surface area contributed by atoms with E-state index in [1.807, 2.05) is 0 Å². The van der Waals surface area contributed by atoms with Crippen molar-refractivity contribution in [2.75, 3.05) is 18.9 Å². The molecule has 0 fully saturated rings. The molecule has 0 radical (unpaired) electrons. The lowest BCUT2D eigenvalue weighted by Crippen LogP contribution is -2.30. The number of carbonyl (C=O) groups excluding carboxylic acids is 2. The molecule has 0 aromatic heterocycles. The van der Waals surface area contributed by atoms with Gasteiger partial charge in [-0.3, -0.25) is 9.59 Å². The van der Waals surface area contributed by atoms with Crippen molar-refractivity contribution in [3.8, 4) is 0 Å². The van der Waals surface area contributed by atoms with Crippen molar-refractivity contribution in [3.05, 3.63) is 65.7 Å². The van der Waals surface area contributed by atoms with Gasteiger partial charge in [0, 0.05) is 30.4 Å². The van der Waals surface area contributed by atoms with Crippen molar-refractivity contribution in [1.29, 1.82) is 0 Å². The third-order valence-electron chi connectivity index (χ3n) is 3.50. The molecule has 0 saturated heterocycles. The highest BCUT2D eigenvalue weighted by Crippen LogP contribution is 2.20.